The van der Waals surface area contributed by atoms with E-state index in [1.54, 1.807) is 12.1 Å². The number of aromatic nitrogens is 2. The van der Waals surface area contributed by atoms with Gasteiger partial charge in [-0.15, -0.1) is 0 Å². The van der Waals surface area contributed by atoms with Crippen molar-refractivity contribution in [2.75, 3.05) is 0 Å². The second-order valence-electron chi connectivity index (χ2n) is 10.7. The Hall–Kier alpha value is -4.18. The summed E-state index contributed by atoms with van der Waals surface area (Å²) < 4.78 is 0. The highest BCUT2D eigenvalue weighted by atomic mass is 35.5. The quantitative estimate of drug-likeness (QED) is 0.179. The van der Waals surface area contributed by atoms with Gasteiger partial charge in [-0.3, -0.25) is 0 Å². The van der Waals surface area contributed by atoms with Crippen LogP contribution in [-0.2, 0) is 0 Å². The van der Waals surface area contributed by atoms with Crippen LogP contribution in [-0.4, -0.2) is 9.97 Å². The predicted molar refractivity (Wildman–Crippen MR) is 188 cm³/mol. The molecule has 0 amide bonds. The van der Waals surface area contributed by atoms with Crippen LogP contribution in [0.5, 0.6) is 0 Å². The van der Waals surface area contributed by atoms with E-state index >= 15 is 0 Å². The molecular weight excluding hydrogens is 626 g/mol. The first kappa shape index (κ1) is 27.4. The van der Waals surface area contributed by atoms with Crippen LogP contribution in [0.4, 0.5) is 0 Å². The van der Waals surface area contributed by atoms with Crippen LogP contribution in [0.25, 0.3) is 77.0 Å². The van der Waals surface area contributed by atoms with Crippen LogP contribution < -0.4 is 0 Å². The van der Waals surface area contributed by atoms with Crippen LogP contribution in [0.15, 0.2) is 121 Å². The molecule has 0 spiro atoms. The number of halogens is 4. The molecule has 0 atom stereocenters. The van der Waals surface area contributed by atoms with Gasteiger partial charge in [0.1, 0.15) is 0 Å². The average Bonchev–Trinajstić information content (AvgIpc) is 3.06. The van der Waals surface area contributed by atoms with Gasteiger partial charge in [-0.05, 0) is 70.1 Å². The van der Waals surface area contributed by atoms with E-state index in [-0.39, 0.29) is 0 Å². The van der Waals surface area contributed by atoms with Gasteiger partial charge >= 0.3 is 0 Å². The summed E-state index contributed by atoms with van der Waals surface area (Å²) >= 11 is 25.8. The summed E-state index contributed by atoms with van der Waals surface area (Å²) in [6.45, 7) is 0. The second kappa shape index (κ2) is 10.8. The van der Waals surface area contributed by atoms with E-state index in [9.17, 15) is 0 Å². The lowest BCUT2D eigenvalue weighted by atomic mass is 9.91. The van der Waals surface area contributed by atoms with Crippen LogP contribution in [0.3, 0.4) is 0 Å². The molecule has 210 valence electrons. The van der Waals surface area contributed by atoms with Gasteiger partial charge in [0.15, 0.2) is 0 Å². The van der Waals surface area contributed by atoms with Crippen molar-refractivity contribution in [2.45, 2.75) is 0 Å². The summed E-state index contributed by atoms with van der Waals surface area (Å²) in [6.07, 6.45) is 0. The zero-order chi connectivity index (χ0) is 29.9. The highest BCUT2D eigenvalue weighted by molar-refractivity contribution is 6.42. The number of hydrogen-bond acceptors (Lipinski definition) is 2. The van der Waals surface area contributed by atoms with E-state index in [0.717, 1.165) is 77.0 Å². The fourth-order valence-electron chi connectivity index (χ4n) is 5.99. The number of benzene rings is 6. The van der Waals surface area contributed by atoms with Crippen LogP contribution >= 0.6 is 46.4 Å². The maximum Gasteiger partial charge on any atom is 0.0789 e. The zero-order valence-electron chi connectivity index (χ0n) is 23.0. The fraction of sp³-hybridized carbons (Fsp3) is 0. The van der Waals surface area contributed by atoms with Crippen molar-refractivity contribution in [2.24, 2.45) is 0 Å². The van der Waals surface area contributed by atoms with E-state index in [1.807, 2.05) is 36.4 Å². The Labute approximate surface area is 273 Å². The number of pyridine rings is 2. The number of hydrogen-bond donors (Lipinski definition) is 0. The maximum atomic E-state index is 6.56. The predicted octanol–water partition coefficient (Wildman–Crippen LogP) is 12.7. The molecule has 0 saturated carbocycles. The van der Waals surface area contributed by atoms with Crippen LogP contribution in [0, 0.1) is 0 Å². The fourth-order valence-corrected chi connectivity index (χ4v) is 6.59. The molecular formula is C38H20Cl4N2. The minimum Gasteiger partial charge on any atom is -0.247 e. The molecule has 0 aliphatic heterocycles. The first-order valence-corrected chi connectivity index (χ1v) is 15.5. The summed E-state index contributed by atoms with van der Waals surface area (Å²) in [5.74, 6) is 0. The lowest BCUT2D eigenvalue weighted by Crippen LogP contribution is -1.97. The Morgan fingerprint density at radius 2 is 0.795 bits per heavy atom. The first-order chi connectivity index (χ1) is 21.4. The molecule has 0 aliphatic carbocycles. The minimum atomic E-state index is 0.461. The van der Waals surface area contributed by atoms with Crippen molar-refractivity contribution in [1.82, 2.24) is 9.97 Å². The third-order valence-electron chi connectivity index (χ3n) is 8.12. The van der Waals surface area contributed by atoms with E-state index in [4.69, 9.17) is 56.4 Å². The summed E-state index contributed by atoms with van der Waals surface area (Å²) in [5.41, 5.74) is 6.83. The molecule has 0 saturated heterocycles. The second-order valence-corrected chi connectivity index (χ2v) is 12.4. The largest absolute Gasteiger partial charge is 0.247 e. The molecule has 0 unspecified atom stereocenters. The van der Waals surface area contributed by atoms with E-state index in [0.29, 0.717) is 20.1 Å². The molecule has 8 aromatic rings. The molecule has 0 aliphatic rings. The van der Waals surface area contributed by atoms with Gasteiger partial charge in [0.2, 0.25) is 0 Å². The lowest BCUT2D eigenvalue weighted by Gasteiger charge is -2.18. The Kier molecular flexibility index (Phi) is 6.70. The third-order valence-corrected chi connectivity index (χ3v) is 9.60. The first-order valence-electron chi connectivity index (χ1n) is 14.0. The van der Waals surface area contributed by atoms with Gasteiger partial charge in [-0.25, -0.2) is 9.97 Å². The Morgan fingerprint density at radius 1 is 0.364 bits per heavy atom. The van der Waals surface area contributed by atoms with Crippen molar-refractivity contribution in [3.8, 4) is 33.6 Å². The molecule has 0 N–H and O–H groups in total. The number of fused-ring (bicyclic) bond motifs is 6. The molecule has 0 fully saturated rings. The van der Waals surface area contributed by atoms with Crippen molar-refractivity contribution in [3.05, 3.63) is 141 Å². The molecule has 0 radical (unpaired) electrons. The smallest absolute Gasteiger partial charge is 0.0789 e. The van der Waals surface area contributed by atoms with Gasteiger partial charge in [0.25, 0.3) is 0 Å². The zero-order valence-corrected chi connectivity index (χ0v) is 26.0. The monoisotopic (exact) mass is 644 g/mol. The van der Waals surface area contributed by atoms with Gasteiger partial charge < -0.3 is 0 Å². The van der Waals surface area contributed by atoms with Crippen molar-refractivity contribution in [1.29, 1.82) is 0 Å². The normalized spacial score (nSPS) is 11.6. The number of rotatable bonds is 3. The number of nitrogens with zero attached hydrogens (tertiary/aromatic N) is 2. The summed E-state index contributed by atoms with van der Waals surface area (Å²) in [4.78, 5) is 10.5. The van der Waals surface area contributed by atoms with Crippen molar-refractivity contribution in [3.63, 3.8) is 0 Å². The highest BCUT2D eigenvalue weighted by Crippen LogP contribution is 2.43. The summed E-state index contributed by atoms with van der Waals surface area (Å²) in [6, 6.07) is 40.7. The Morgan fingerprint density at radius 3 is 1.23 bits per heavy atom. The molecule has 6 aromatic carbocycles. The molecule has 8 rings (SSSR count). The van der Waals surface area contributed by atoms with E-state index in [2.05, 4.69) is 72.8 Å². The lowest BCUT2D eigenvalue weighted by molar-refractivity contribution is 1.37. The highest BCUT2D eigenvalue weighted by Gasteiger charge is 2.20. The molecule has 2 heterocycles. The van der Waals surface area contributed by atoms with Gasteiger partial charge in [0, 0.05) is 33.0 Å². The van der Waals surface area contributed by atoms with Gasteiger partial charge in [-0.1, -0.05) is 119 Å². The summed E-state index contributed by atoms with van der Waals surface area (Å²) in [7, 11) is 0. The van der Waals surface area contributed by atoms with Gasteiger partial charge in [-0.2, -0.15) is 0 Å². The molecule has 2 aromatic heterocycles. The standard InChI is InChI=1S/C38H20Cl4N2/c39-31-13-9-23(17-33(31)41)37-29(19-27-25-7-3-1-5-21(25)11-15-35(27)43-37)30-20-28-26-8-4-2-6-22(26)12-16-36(28)44-38(30)24-10-14-32(40)34(42)18-24/h1-20H. The topological polar surface area (TPSA) is 25.8 Å². The molecule has 44 heavy (non-hydrogen) atoms. The van der Waals surface area contributed by atoms with Crippen molar-refractivity contribution < 1.29 is 0 Å². The SMILES string of the molecule is Clc1ccc(-c2nc3ccc4ccccc4c3cc2-c2cc3c(ccc4ccccc43)nc2-c2ccc(Cl)c(Cl)c2)cc1Cl. The van der Waals surface area contributed by atoms with E-state index < -0.39 is 0 Å². The minimum absolute atomic E-state index is 0.461. The molecule has 2 nitrogen and oxygen atoms in total. The summed E-state index contributed by atoms with van der Waals surface area (Å²) in [5, 5.41) is 8.50. The third kappa shape index (κ3) is 4.58. The average molecular weight is 646 g/mol. The Balaban J connectivity index is 1.54. The van der Waals surface area contributed by atoms with Crippen LogP contribution in [0.2, 0.25) is 20.1 Å². The van der Waals surface area contributed by atoms with E-state index in [1.165, 1.54) is 0 Å². The molecule has 6 heteroatoms. The molecule has 0 bridgehead atoms. The Bertz CT molecular complexity index is 2280. The van der Waals surface area contributed by atoms with Crippen molar-refractivity contribution >= 4 is 89.8 Å². The van der Waals surface area contributed by atoms with Crippen LogP contribution in [0.1, 0.15) is 0 Å². The maximum absolute atomic E-state index is 6.56. The van der Waals surface area contributed by atoms with Gasteiger partial charge in [0.05, 0.1) is 42.5 Å².